The molecule has 1 aliphatic rings. The third-order valence-electron chi connectivity index (χ3n) is 5.25. The molecule has 1 fully saturated rings. The number of halogens is 1. The van der Waals surface area contributed by atoms with Gasteiger partial charge in [0, 0.05) is 28.6 Å². The third-order valence-corrected chi connectivity index (χ3v) is 5.78. The van der Waals surface area contributed by atoms with Crippen LogP contribution in [0.25, 0.3) is 10.9 Å². The number of fused-ring (bicyclic) bond motifs is 1. The zero-order valence-electron chi connectivity index (χ0n) is 16.3. The summed E-state index contributed by atoms with van der Waals surface area (Å²) in [6.07, 6.45) is 2.29. The SMILES string of the molecule is C[C@@H]1CCCN(c2nc(=O)n(CC(=O)Nc3ccc(Br)cc3)c3ccccc23)C1. The minimum Gasteiger partial charge on any atom is -0.356 e. The van der Waals surface area contributed by atoms with Gasteiger partial charge in [0.2, 0.25) is 5.91 Å². The predicted octanol–water partition coefficient (Wildman–Crippen LogP) is 4.03. The first-order valence-corrected chi connectivity index (χ1v) is 10.6. The van der Waals surface area contributed by atoms with E-state index in [4.69, 9.17) is 0 Å². The molecule has 4 rings (SSSR count). The summed E-state index contributed by atoms with van der Waals surface area (Å²) in [6, 6.07) is 15.0. The molecule has 1 aliphatic heterocycles. The van der Waals surface area contributed by atoms with Gasteiger partial charge in [0.25, 0.3) is 0 Å². The predicted molar refractivity (Wildman–Crippen MR) is 119 cm³/mol. The first kappa shape index (κ1) is 19.6. The molecule has 1 aromatic heterocycles. The highest BCUT2D eigenvalue weighted by atomic mass is 79.9. The van der Waals surface area contributed by atoms with Gasteiger partial charge in [-0.25, -0.2) is 4.79 Å². The van der Waals surface area contributed by atoms with Crippen LogP contribution in [0.2, 0.25) is 0 Å². The number of nitrogens with zero attached hydrogens (tertiary/aromatic N) is 3. The summed E-state index contributed by atoms with van der Waals surface area (Å²) in [5.41, 5.74) is 1.01. The van der Waals surface area contributed by atoms with E-state index in [-0.39, 0.29) is 12.5 Å². The number of benzene rings is 2. The van der Waals surface area contributed by atoms with Gasteiger partial charge in [0.05, 0.1) is 5.52 Å². The second-order valence-electron chi connectivity index (χ2n) is 7.57. The molecule has 0 saturated carbocycles. The van der Waals surface area contributed by atoms with E-state index in [9.17, 15) is 9.59 Å². The molecule has 150 valence electrons. The van der Waals surface area contributed by atoms with Gasteiger partial charge < -0.3 is 10.2 Å². The molecule has 0 radical (unpaired) electrons. The van der Waals surface area contributed by atoms with E-state index < -0.39 is 5.69 Å². The second kappa shape index (κ2) is 8.37. The molecule has 0 bridgehead atoms. The van der Waals surface area contributed by atoms with Gasteiger partial charge in [0.15, 0.2) is 0 Å². The molecule has 1 saturated heterocycles. The van der Waals surface area contributed by atoms with Crippen LogP contribution in [0, 0.1) is 5.92 Å². The Morgan fingerprint density at radius 1 is 1.21 bits per heavy atom. The van der Waals surface area contributed by atoms with E-state index in [1.807, 2.05) is 48.5 Å². The van der Waals surface area contributed by atoms with Crippen LogP contribution in [-0.4, -0.2) is 28.5 Å². The number of amides is 1. The lowest BCUT2D eigenvalue weighted by molar-refractivity contribution is -0.116. The minimum atomic E-state index is -0.400. The Bertz CT molecular complexity index is 1090. The quantitative estimate of drug-likeness (QED) is 0.645. The summed E-state index contributed by atoms with van der Waals surface area (Å²) in [7, 11) is 0. The molecule has 2 aromatic carbocycles. The standard InChI is InChI=1S/C22H23BrN4O2/c1-15-5-4-12-26(13-15)21-18-6-2-3-7-19(18)27(22(29)25-21)14-20(28)24-17-10-8-16(23)9-11-17/h2-3,6-11,15H,4-5,12-14H2,1H3,(H,24,28)/t15-/m1/s1. The average Bonchev–Trinajstić information content (AvgIpc) is 2.71. The molecule has 6 nitrogen and oxygen atoms in total. The van der Waals surface area contributed by atoms with Crippen LogP contribution >= 0.6 is 15.9 Å². The average molecular weight is 455 g/mol. The Hall–Kier alpha value is -2.67. The molecule has 1 N–H and O–H groups in total. The fourth-order valence-corrected chi connectivity index (χ4v) is 4.13. The number of para-hydroxylation sites is 1. The molecular formula is C22H23BrN4O2. The molecular weight excluding hydrogens is 432 g/mol. The van der Waals surface area contributed by atoms with Crippen LogP contribution in [-0.2, 0) is 11.3 Å². The summed E-state index contributed by atoms with van der Waals surface area (Å²) < 4.78 is 2.38. The number of nitrogens with one attached hydrogen (secondary N) is 1. The largest absolute Gasteiger partial charge is 0.356 e. The first-order valence-electron chi connectivity index (χ1n) is 9.81. The van der Waals surface area contributed by atoms with Gasteiger partial charge in [-0.2, -0.15) is 4.98 Å². The van der Waals surface area contributed by atoms with E-state index in [0.717, 1.165) is 40.7 Å². The molecule has 0 aliphatic carbocycles. The van der Waals surface area contributed by atoms with Gasteiger partial charge in [0.1, 0.15) is 12.4 Å². The third kappa shape index (κ3) is 4.34. The fourth-order valence-electron chi connectivity index (χ4n) is 3.87. The Morgan fingerprint density at radius 3 is 2.72 bits per heavy atom. The maximum Gasteiger partial charge on any atom is 0.350 e. The van der Waals surface area contributed by atoms with Crippen molar-refractivity contribution in [2.75, 3.05) is 23.3 Å². The smallest absolute Gasteiger partial charge is 0.350 e. The maximum atomic E-state index is 12.8. The maximum absolute atomic E-state index is 12.8. The van der Waals surface area contributed by atoms with Gasteiger partial charge in [-0.3, -0.25) is 9.36 Å². The van der Waals surface area contributed by atoms with Crippen LogP contribution in [0.15, 0.2) is 57.8 Å². The number of aromatic nitrogens is 2. The van der Waals surface area contributed by atoms with Crippen molar-refractivity contribution in [2.45, 2.75) is 26.3 Å². The van der Waals surface area contributed by atoms with Gasteiger partial charge in [-0.1, -0.05) is 35.0 Å². The van der Waals surface area contributed by atoms with E-state index in [1.165, 1.54) is 11.0 Å². The van der Waals surface area contributed by atoms with E-state index >= 15 is 0 Å². The highest BCUT2D eigenvalue weighted by molar-refractivity contribution is 9.10. The minimum absolute atomic E-state index is 0.0842. The van der Waals surface area contributed by atoms with Crippen LogP contribution in [0.4, 0.5) is 11.5 Å². The van der Waals surface area contributed by atoms with Crippen molar-refractivity contribution in [1.29, 1.82) is 0 Å². The van der Waals surface area contributed by atoms with E-state index in [0.29, 0.717) is 11.6 Å². The number of anilines is 2. The zero-order chi connectivity index (χ0) is 20.4. The molecule has 0 unspecified atom stereocenters. The fraction of sp³-hybridized carbons (Fsp3) is 0.318. The van der Waals surface area contributed by atoms with Crippen molar-refractivity contribution in [3.05, 3.63) is 63.5 Å². The second-order valence-corrected chi connectivity index (χ2v) is 8.49. The number of hydrogen-bond donors (Lipinski definition) is 1. The molecule has 1 atom stereocenters. The molecule has 3 aromatic rings. The van der Waals surface area contributed by atoms with E-state index in [2.05, 4.69) is 38.1 Å². The van der Waals surface area contributed by atoms with Crippen LogP contribution in [0.5, 0.6) is 0 Å². The first-order chi connectivity index (χ1) is 14.0. The highest BCUT2D eigenvalue weighted by Gasteiger charge is 2.21. The van der Waals surface area contributed by atoms with Crippen LogP contribution in [0.1, 0.15) is 19.8 Å². The number of carbonyl (C=O) groups excluding carboxylic acids is 1. The zero-order valence-corrected chi connectivity index (χ0v) is 17.9. The summed E-state index contributed by atoms with van der Waals surface area (Å²) in [6.45, 7) is 3.93. The lowest BCUT2D eigenvalue weighted by Crippen LogP contribution is -2.38. The Labute approximate surface area is 177 Å². The molecule has 1 amide bonds. The van der Waals surface area contributed by atoms with Crippen molar-refractivity contribution in [3.8, 4) is 0 Å². The van der Waals surface area contributed by atoms with Gasteiger partial charge >= 0.3 is 5.69 Å². The summed E-state index contributed by atoms with van der Waals surface area (Å²) >= 11 is 3.37. The molecule has 0 spiro atoms. The van der Waals surface area contributed by atoms with Crippen molar-refractivity contribution in [1.82, 2.24) is 9.55 Å². The monoisotopic (exact) mass is 454 g/mol. The molecule has 29 heavy (non-hydrogen) atoms. The number of piperidine rings is 1. The van der Waals surface area contributed by atoms with Crippen molar-refractivity contribution < 1.29 is 4.79 Å². The Balaban J connectivity index is 1.65. The topological polar surface area (TPSA) is 67.2 Å². The summed E-state index contributed by atoms with van der Waals surface area (Å²) in [5, 5.41) is 3.74. The molecule has 7 heteroatoms. The number of hydrogen-bond acceptors (Lipinski definition) is 4. The van der Waals surface area contributed by atoms with Crippen molar-refractivity contribution >= 4 is 44.2 Å². The summed E-state index contributed by atoms with van der Waals surface area (Å²) in [5.74, 6) is 1.03. The lowest BCUT2D eigenvalue weighted by atomic mass is 10.00. The Kier molecular flexibility index (Phi) is 5.67. The van der Waals surface area contributed by atoms with Crippen LogP contribution in [0.3, 0.4) is 0 Å². The Morgan fingerprint density at radius 2 is 1.97 bits per heavy atom. The number of carbonyl (C=O) groups is 1. The van der Waals surface area contributed by atoms with Gasteiger partial charge in [-0.15, -0.1) is 0 Å². The lowest BCUT2D eigenvalue weighted by Gasteiger charge is -2.32. The summed E-state index contributed by atoms with van der Waals surface area (Å²) in [4.78, 5) is 32.0. The van der Waals surface area contributed by atoms with Crippen molar-refractivity contribution in [3.63, 3.8) is 0 Å². The van der Waals surface area contributed by atoms with Gasteiger partial charge in [-0.05, 0) is 55.2 Å². The number of rotatable bonds is 4. The highest BCUT2D eigenvalue weighted by Crippen LogP contribution is 2.27. The normalized spacial score (nSPS) is 16.8. The van der Waals surface area contributed by atoms with Crippen LogP contribution < -0.4 is 15.9 Å². The molecule has 2 heterocycles. The van der Waals surface area contributed by atoms with Crippen molar-refractivity contribution in [2.24, 2.45) is 5.92 Å². The van der Waals surface area contributed by atoms with E-state index in [1.54, 1.807) is 0 Å².